The van der Waals surface area contributed by atoms with Crippen molar-refractivity contribution in [2.24, 2.45) is 0 Å². The predicted molar refractivity (Wildman–Crippen MR) is 105 cm³/mol. The summed E-state index contributed by atoms with van der Waals surface area (Å²) in [5.74, 6) is 0.763. The van der Waals surface area contributed by atoms with Crippen LogP contribution in [0.25, 0.3) is 0 Å². The van der Waals surface area contributed by atoms with Crippen molar-refractivity contribution in [2.45, 2.75) is 52.6 Å². The highest BCUT2D eigenvalue weighted by atomic mass is 32.1. The van der Waals surface area contributed by atoms with Gasteiger partial charge in [-0.15, -0.1) is 11.3 Å². The van der Waals surface area contributed by atoms with Crippen molar-refractivity contribution in [3.05, 3.63) is 52.5 Å². The highest BCUT2D eigenvalue weighted by molar-refractivity contribution is 7.07. The summed E-state index contributed by atoms with van der Waals surface area (Å²) in [7, 11) is 0. The quantitative estimate of drug-likeness (QED) is 0.544. The molecular formula is C19H26N6S. The van der Waals surface area contributed by atoms with Crippen molar-refractivity contribution < 1.29 is 0 Å². The number of nitrogens with zero attached hydrogens (tertiary/aromatic N) is 6. The standard InChI is InChI=1S/C19H26N6S/c1-3-5-7-25-13-17(11-23-25)12-24(8-6-18-14-26-15-22-18)19-20-9-16(4-2)10-21-19/h9-11,13-15H,3-8,12H2,1-2H3. The van der Waals surface area contributed by atoms with Gasteiger partial charge in [0.15, 0.2) is 0 Å². The van der Waals surface area contributed by atoms with Gasteiger partial charge in [-0.3, -0.25) is 4.68 Å². The zero-order chi connectivity index (χ0) is 18.2. The molecule has 3 aromatic rings. The maximum atomic E-state index is 4.57. The second-order valence-electron chi connectivity index (χ2n) is 6.36. The van der Waals surface area contributed by atoms with Crippen LogP contribution in [0.2, 0.25) is 0 Å². The van der Waals surface area contributed by atoms with E-state index < -0.39 is 0 Å². The van der Waals surface area contributed by atoms with Gasteiger partial charge in [-0.05, 0) is 18.4 Å². The lowest BCUT2D eigenvalue weighted by molar-refractivity contribution is 0.571. The van der Waals surface area contributed by atoms with Gasteiger partial charge in [0.25, 0.3) is 0 Å². The molecule has 3 heterocycles. The number of aryl methyl sites for hydroxylation is 2. The first-order chi connectivity index (χ1) is 12.8. The molecule has 0 bridgehead atoms. The molecule has 7 heteroatoms. The molecular weight excluding hydrogens is 344 g/mol. The minimum absolute atomic E-state index is 0.752. The molecule has 0 radical (unpaired) electrons. The summed E-state index contributed by atoms with van der Waals surface area (Å²) in [5.41, 5.74) is 5.33. The molecule has 26 heavy (non-hydrogen) atoms. The van der Waals surface area contributed by atoms with Crippen LogP contribution in [-0.2, 0) is 25.9 Å². The van der Waals surface area contributed by atoms with Crippen molar-refractivity contribution in [3.63, 3.8) is 0 Å². The molecule has 0 atom stereocenters. The second kappa shape index (κ2) is 9.43. The summed E-state index contributed by atoms with van der Waals surface area (Å²) < 4.78 is 2.03. The zero-order valence-corrected chi connectivity index (χ0v) is 16.3. The van der Waals surface area contributed by atoms with Crippen LogP contribution in [-0.4, -0.2) is 31.3 Å². The van der Waals surface area contributed by atoms with Crippen LogP contribution in [0.15, 0.2) is 35.7 Å². The van der Waals surface area contributed by atoms with Crippen molar-refractivity contribution in [1.29, 1.82) is 0 Å². The molecule has 3 rings (SSSR count). The van der Waals surface area contributed by atoms with E-state index in [0.717, 1.165) is 56.1 Å². The molecule has 6 nitrogen and oxygen atoms in total. The SMILES string of the molecule is CCCCn1cc(CN(CCc2cscn2)c2ncc(CC)cn2)cn1. The summed E-state index contributed by atoms with van der Waals surface area (Å²) in [6, 6.07) is 0. The Balaban J connectivity index is 1.71. The van der Waals surface area contributed by atoms with Gasteiger partial charge >= 0.3 is 0 Å². The number of hydrogen-bond acceptors (Lipinski definition) is 6. The first kappa shape index (κ1) is 18.5. The molecule has 138 valence electrons. The van der Waals surface area contributed by atoms with E-state index in [-0.39, 0.29) is 0 Å². The maximum Gasteiger partial charge on any atom is 0.225 e. The van der Waals surface area contributed by atoms with E-state index >= 15 is 0 Å². The molecule has 0 aromatic carbocycles. The Labute approximate surface area is 158 Å². The normalized spacial score (nSPS) is 11.0. The van der Waals surface area contributed by atoms with E-state index in [9.17, 15) is 0 Å². The fourth-order valence-corrected chi connectivity index (χ4v) is 3.30. The third-order valence-electron chi connectivity index (χ3n) is 4.31. The Morgan fingerprint density at radius 3 is 2.62 bits per heavy atom. The van der Waals surface area contributed by atoms with Crippen molar-refractivity contribution in [2.75, 3.05) is 11.4 Å². The average Bonchev–Trinajstić information content (AvgIpc) is 3.35. The summed E-state index contributed by atoms with van der Waals surface area (Å²) in [4.78, 5) is 15.7. The number of unbranched alkanes of at least 4 members (excludes halogenated alkanes) is 1. The number of aromatic nitrogens is 5. The Kier molecular flexibility index (Phi) is 6.71. The molecule has 0 aliphatic rings. The van der Waals surface area contributed by atoms with E-state index in [1.807, 2.05) is 28.8 Å². The van der Waals surface area contributed by atoms with Crippen LogP contribution in [0.3, 0.4) is 0 Å². The van der Waals surface area contributed by atoms with Gasteiger partial charge in [-0.25, -0.2) is 15.0 Å². The van der Waals surface area contributed by atoms with E-state index in [0.29, 0.717) is 0 Å². The average molecular weight is 371 g/mol. The zero-order valence-electron chi connectivity index (χ0n) is 15.5. The lowest BCUT2D eigenvalue weighted by Crippen LogP contribution is -2.27. The summed E-state index contributed by atoms with van der Waals surface area (Å²) >= 11 is 1.63. The van der Waals surface area contributed by atoms with Gasteiger partial charge in [-0.1, -0.05) is 20.3 Å². The minimum atomic E-state index is 0.752. The van der Waals surface area contributed by atoms with Gasteiger partial charge in [0.1, 0.15) is 0 Å². The lowest BCUT2D eigenvalue weighted by atomic mass is 10.2. The van der Waals surface area contributed by atoms with Crippen LogP contribution in [0, 0.1) is 0 Å². The van der Waals surface area contributed by atoms with Crippen LogP contribution in [0.5, 0.6) is 0 Å². The molecule has 0 spiro atoms. The predicted octanol–water partition coefficient (Wildman–Crippen LogP) is 3.74. The fourth-order valence-electron chi connectivity index (χ4n) is 2.70. The fraction of sp³-hybridized carbons (Fsp3) is 0.474. The van der Waals surface area contributed by atoms with Crippen molar-refractivity contribution in [1.82, 2.24) is 24.7 Å². The molecule has 0 aliphatic heterocycles. The molecule has 0 aliphatic carbocycles. The Morgan fingerprint density at radius 2 is 1.92 bits per heavy atom. The third-order valence-corrected chi connectivity index (χ3v) is 4.94. The van der Waals surface area contributed by atoms with E-state index in [1.165, 1.54) is 12.0 Å². The highest BCUT2D eigenvalue weighted by Gasteiger charge is 2.13. The second-order valence-corrected chi connectivity index (χ2v) is 7.08. The summed E-state index contributed by atoms with van der Waals surface area (Å²) in [5, 5.41) is 6.58. The summed E-state index contributed by atoms with van der Waals surface area (Å²) in [6.45, 7) is 6.86. The molecule has 0 saturated carbocycles. The molecule has 0 unspecified atom stereocenters. The van der Waals surface area contributed by atoms with Crippen molar-refractivity contribution in [3.8, 4) is 0 Å². The van der Waals surface area contributed by atoms with Gasteiger partial charge in [-0.2, -0.15) is 5.10 Å². The monoisotopic (exact) mass is 370 g/mol. The van der Waals surface area contributed by atoms with Crippen LogP contribution in [0.1, 0.15) is 43.5 Å². The lowest BCUT2D eigenvalue weighted by Gasteiger charge is -2.21. The van der Waals surface area contributed by atoms with E-state index in [4.69, 9.17) is 0 Å². The van der Waals surface area contributed by atoms with E-state index in [2.05, 4.69) is 50.4 Å². The van der Waals surface area contributed by atoms with Crippen molar-refractivity contribution >= 4 is 17.3 Å². The molecule has 0 N–H and O–H groups in total. The minimum Gasteiger partial charge on any atom is -0.336 e. The van der Waals surface area contributed by atoms with Gasteiger partial charge in [0.05, 0.1) is 17.4 Å². The topological polar surface area (TPSA) is 59.7 Å². The molecule has 3 aromatic heterocycles. The van der Waals surface area contributed by atoms with Gasteiger partial charge in [0.2, 0.25) is 5.95 Å². The van der Waals surface area contributed by atoms with Crippen LogP contribution in [0.4, 0.5) is 5.95 Å². The van der Waals surface area contributed by atoms with Gasteiger partial charge in [0, 0.05) is 55.6 Å². The molecule has 0 saturated heterocycles. The number of hydrogen-bond donors (Lipinski definition) is 0. The largest absolute Gasteiger partial charge is 0.336 e. The Bertz CT molecular complexity index is 766. The number of rotatable bonds is 10. The molecule has 0 amide bonds. The number of thiazole rings is 1. The maximum absolute atomic E-state index is 4.57. The first-order valence-corrected chi connectivity index (χ1v) is 10.2. The Hall–Kier alpha value is -2.28. The summed E-state index contributed by atoms with van der Waals surface area (Å²) in [6.07, 6.45) is 12.1. The Morgan fingerprint density at radius 1 is 1.08 bits per heavy atom. The molecule has 0 fully saturated rings. The first-order valence-electron chi connectivity index (χ1n) is 9.22. The van der Waals surface area contributed by atoms with Crippen LogP contribution < -0.4 is 4.90 Å². The third kappa shape index (κ3) is 5.11. The van der Waals surface area contributed by atoms with Crippen LogP contribution >= 0.6 is 11.3 Å². The smallest absolute Gasteiger partial charge is 0.225 e. The van der Waals surface area contributed by atoms with Gasteiger partial charge < -0.3 is 4.90 Å². The van der Waals surface area contributed by atoms with E-state index in [1.54, 1.807) is 11.3 Å². The number of anilines is 1. The highest BCUT2D eigenvalue weighted by Crippen LogP contribution is 2.14.